The average molecular weight is 356 g/mol. The highest BCUT2D eigenvalue weighted by Crippen LogP contribution is 2.31. The van der Waals surface area contributed by atoms with Crippen LogP contribution in [-0.2, 0) is 17.6 Å². The quantitative estimate of drug-likeness (QED) is 0.569. The number of carbonyl (C=O) groups is 1. The number of benzene rings is 3. The molecule has 0 fully saturated rings. The maximum Gasteiger partial charge on any atom is 0.169 e. The second-order valence-corrected chi connectivity index (χ2v) is 7.28. The molecule has 2 heteroatoms. The monoisotopic (exact) mass is 356 g/mol. The summed E-state index contributed by atoms with van der Waals surface area (Å²) in [4.78, 5) is 11.7. The molecule has 0 radical (unpaired) electrons. The third kappa shape index (κ3) is 3.66. The minimum Gasteiger partial charge on any atom is -0.486 e. The first-order valence-corrected chi connectivity index (χ1v) is 9.59. The fraction of sp³-hybridized carbons (Fsp3) is 0.240. The van der Waals surface area contributed by atoms with Crippen molar-refractivity contribution in [2.45, 2.75) is 33.1 Å². The molecule has 0 bridgehead atoms. The molecular formula is C25H24O2. The van der Waals surface area contributed by atoms with Gasteiger partial charge in [0.25, 0.3) is 0 Å². The van der Waals surface area contributed by atoms with Gasteiger partial charge in [0, 0.05) is 12.8 Å². The van der Waals surface area contributed by atoms with E-state index in [1.165, 1.54) is 33.0 Å². The molecule has 0 heterocycles. The number of hydrogen-bond donors (Lipinski definition) is 0. The molecule has 1 aliphatic carbocycles. The Balaban J connectivity index is 1.68. The molecular weight excluding hydrogens is 332 g/mol. The molecule has 3 aromatic rings. The molecule has 2 nitrogen and oxygen atoms in total. The third-order valence-electron chi connectivity index (χ3n) is 5.18. The van der Waals surface area contributed by atoms with Crippen LogP contribution in [0.15, 0.2) is 54.6 Å². The van der Waals surface area contributed by atoms with Gasteiger partial charge >= 0.3 is 0 Å². The minimum absolute atomic E-state index is 0.121. The number of aryl methyl sites for hydroxylation is 1. The maximum atomic E-state index is 11.7. The van der Waals surface area contributed by atoms with Crippen LogP contribution in [0.5, 0.6) is 5.75 Å². The molecule has 0 N–H and O–H groups in total. The van der Waals surface area contributed by atoms with Crippen LogP contribution in [0.3, 0.4) is 0 Å². The van der Waals surface area contributed by atoms with E-state index in [1.807, 2.05) is 19.1 Å². The summed E-state index contributed by atoms with van der Waals surface area (Å²) in [7, 11) is 0. The molecule has 4 rings (SSSR count). The molecule has 0 amide bonds. The summed E-state index contributed by atoms with van der Waals surface area (Å²) in [6.45, 7) is 4.10. The number of Topliss-reactive ketones (excluding diaryl/α,β-unsaturated/α-hetero) is 1. The highest BCUT2D eigenvalue weighted by Gasteiger charge is 2.12. The number of allylic oxidation sites excluding steroid dienone is 1. The fourth-order valence-electron chi connectivity index (χ4n) is 3.80. The topological polar surface area (TPSA) is 26.3 Å². The second-order valence-electron chi connectivity index (χ2n) is 7.28. The first-order valence-electron chi connectivity index (χ1n) is 9.59. The number of carbonyl (C=O) groups excluding carboxylic acids is 1. The normalized spacial score (nSPS) is 12.4. The average Bonchev–Trinajstić information content (AvgIpc) is 2.67. The van der Waals surface area contributed by atoms with Gasteiger partial charge in [0.1, 0.15) is 12.4 Å². The lowest BCUT2D eigenvalue weighted by molar-refractivity contribution is -0.120. The van der Waals surface area contributed by atoms with Gasteiger partial charge in [-0.05, 0) is 52.4 Å². The first kappa shape index (κ1) is 17.5. The van der Waals surface area contributed by atoms with Crippen molar-refractivity contribution in [1.29, 1.82) is 0 Å². The predicted octanol–water partition coefficient (Wildman–Crippen LogP) is 5.67. The summed E-state index contributed by atoms with van der Waals surface area (Å²) in [5.74, 6) is 0.931. The molecule has 0 aromatic heterocycles. The largest absolute Gasteiger partial charge is 0.486 e. The Morgan fingerprint density at radius 1 is 1.11 bits per heavy atom. The first-order chi connectivity index (χ1) is 13.1. The van der Waals surface area contributed by atoms with E-state index in [0.717, 1.165) is 24.2 Å². The van der Waals surface area contributed by atoms with Crippen molar-refractivity contribution in [1.82, 2.24) is 0 Å². The molecule has 136 valence electrons. The lowest BCUT2D eigenvalue weighted by Gasteiger charge is -2.16. The van der Waals surface area contributed by atoms with E-state index >= 15 is 0 Å². The van der Waals surface area contributed by atoms with Crippen LogP contribution in [0.2, 0.25) is 0 Å². The van der Waals surface area contributed by atoms with Crippen LogP contribution in [0.1, 0.15) is 41.2 Å². The Morgan fingerprint density at radius 3 is 2.85 bits per heavy atom. The van der Waals surface area contributed by atoms with E-state index in [1.54, 1.807) is 0 Å². The van der Waals surface area contributed by atoms with Crippen molar-refractivity contribution in [2.24, 2.45) is 0 Å². The smallest absolute Gasteiger partial charge is 0.169 e. The van der Waals surface area contributed by atoms with Crippen LogP contribution < -0.4 is 4.74 Å². The lowest BCUT2D eigenvalue weighted by atomic mass is 9.89. The van der Waals surface area contributed by atoms with Gasteiger partial charge in [0.05, 0.1) is 0 Å². The van der Waals surface area contributed by atoms with Gasteiger partial charge in [-0.1, -0.05) is 67.1 Å². The van der Waals surface area contributed by atoms with Crippen molar-refractivity contribution in [3.05, 3.63) is 82.4 Å². The van der Waals surface area contributed by atoms with E-state index in [0.29, 0.717) is 6.42 Å². The summed E-state index contributed by atoms with van der Waals surface area (Å²) < 4.78 is 5.83. The fourth-order valence-corrected chi connectivity index (χ4v) is 3.80. The SMILES string of the molecule is CCC(=O)COc1ccc(C)cc1Cc1cc2c3c(cccc3c1)C=CC2. The van der Waals surface area contributed by atoms with Crippen LogP contribution in [0.25, 0.3) is 16.8 Å². The highest BCUT2D eigenvalue weighted by atomic mass is 16.5. The summed E-state index contributed by atoms with van der Waals surface area (Å²) >= 11 is 0. The molecule has 3 aromatic carbocycles. The van der Waals surface area contributed by atoms with Gasteiger partial charge in [0.15, 0.2) is 5.78 Å². The van der Waals surface area contributed by atoms with E-state index in [4.69, 9.17) is 4.74 Å². The molecule has 0 saturated carbocycles. The third-order valence-corrected chi connectivity index (χ3v) is 5.18. The van der Waals surface area contributed by atoms with Gasteiger partial charge in [-0.15, -0.1) is 0 Å². The van der Waals surface area contributed by atoms with Crippen LogP contribution in [0.4, 0.5) is 0 Å². The minimum atomic E-state index is 0.121. The summed E-state index contributed by atoms with van der Waals surface area (Å²) in [5.41, 5.74) is 6.30. The standard InChI is InChI=1S/C25H24O2/c1-3-23(26)16-27-24-11-10-17(2)12-22(24)15-18-13-20-8-4-6-19-7-5-9-21(14-18)25(19)20/h4-8,10-14H,3,9,15-16H2,1-2H3. The number of hydrogen-bond acceptors (Lipinski definition) is 2. The number of ether oxygens (including phenoxy) is 1. The second kappa shape index (κ2) is 7.40. The molecule has 0 spiro atoms. The van der Waals surface area contributed by atoms with Gasteiger partial charge in [-0.2, -0.15) is 0 Å². The lowest BCUT2D eigenvalue weighted by Crippen LogP contribution is -2.11. The Bertz CT molecular complexity index is 1040. The Hall–Kier alpha value is -2.87. The van der Waals surface area contributed by atoms with Crippen LogP contribution in [0, 0.1) is 6.92 Å². The summed E-state index contributed by atoms with van der Waals surface area (Å²) in [6, 6.07) is 17.3. The molecule has 1 aliphatic rings. The zero-order chi connectivity index (χ0) is 18.8. The molecule has 0 unspecified atom stereocenters. The van der Waals surface area contributed by atoms with Gasteiger partial charge in [-0.25, -0.2) is 0 Å². The van der Waals surface area contributed by atoms with Crippen molar-refractivity contribution in [3.8, 4) is 5.75 Å². The van der Waals surface area contributed by atoms with E-state index in [-0.39, 0.29) is 12.4 Å². The van der Waals surface area contributed by atoms with Gasteiger partial charge in [0.2, 0.25) is 0 Å². The van der Waals surface area contributed by atoms with E-state index in [2.05, 4.69) is 55.5 Å². The number of rotatable bonds is 6. The number of ketones is 1. The molecule has 27 heavy (non-hydrogen) atoms. The van der Waals surface area contributed by atoms with E-state index < -0.39 is 0 Å². The van der Waals surface area contributed by atoms with Crippen LogP contribution >= 0.6 is 0 Å². The summed E-state index contributed by atoms with van der Waals surface area (Å²) in [6.07, 6.45) is 6.73. The zero-order valence-corrected chi connectivity index (χ0v) is 15.9. The van der Waals surface area contributed by atoms with Crippen LogP contribution in [-0.4, -0.2) is 12.4 Å². The van der Waals surface area contributed by atoms with E-state index in [9.17, 15) is 4.79 Å². The molecule has 0 atom stereocenters. The Kier molecular flexibility index (Phi) is 4.81. The highest BCUT2D eigenvalue weighted by molar-refractivity contribution is 5.95. The molecule has 0 aliphatic heterocycles. The van der Waals surface area contributed by atoms with Crippen molar-refractivity contribution >= 4 is 22.6 Å². The van der Waals surface area contributed by atoms with Crippen molar-refractivity contribution in [2.75, 3.05) is 6.61 Å². The Labute approximate surface area is 160 Å². The van der Waals surface area contributed by atoms with Crippen molar-refractivity contribution in [3.63, 3.8) is 0 Å². The van der Waals surface area contributed by atoms with Gasteiger partial charge in [-0.3, -0.25) is 4.79 Å². The molecule has 0 saturated heterocycles. The van der Waals surface area contributed by atoms with Gasteiger partial charge < -0.3 is 4.74 Å². The Morgan fingerprint density at radius 2 is 2.00 bits per heavy atom. The zero-order valence-electron chi connectivity index (χ0n) is 15.9. The predicted molar refractivity (Wildman–Crippen MR) is 111 cm³/mol. The summed E-state index contributed by atoms with van der Waals surface area (Å²) in [5, 5.41) is 2.67. The maximum absolute atomic E-state index is 11.7. The van der Waals surface area contributed by atoms with Crippen molar-refractivity contribution < 1.29 is 9.53 Å².